The molecule has 0 spiro atoms. The lowest BCUT2D eigenvalue weighted by Gasteiger charge is -2.36. The Bertz CT molecular complexity index is 225. The zero-order valence-corrected chi connectivity index (χ0v) is 9.24. The Kier molecular flexibility index (Phi) is 4.75. The van der Waals surface area contributed by atoms with Crippen LogP contribution in [0.5, 0.6) is 0 Å². The molecule has 0 unspecified atom stereocenters. The second-order valence-electron chi connectivity index (χ2n) is 4.09. The third-order valence-electron chi connectivity index (χ3n) is 3.02. The number of amides is 1. The van der Waals surface area contributed by atoms with E-state index in [1.807, 2.05) is 6.29 Å². The lowest BCUT2D eigenvalue weighted by molar-refractivity contribution is -0.133. The summed E-state index contributed by atoms with van der Waals surface area (Å²) in [5.74, 6) is -0.141. The van der Waals surface area contributed by atoms with Crippen LogP contribution in [0.2, 0.25) is 0 Å². The van der Waals surface area contributed by atoms with Crippen molar-refractivity contribution in [2.75, 3.05) is 6.54 Å². The van der Waals surface area contributed by atoms with Crippen molar-refractivity contribution >= 4 is 12.2 Å². The first-order valence-corrected chi connectivity index (χ1v) is 5.59. The summed E-state index contributed by atoms with van der Waals surface area (Å²) in [6.45, 7) is 1.68. The van der Waals surface area contributed by atoms with E-state index in [9.17, 15) is 9.59 Å². The number of carbonyl (C=O) groups is 1. The topological polar surface area (TPSA) is 63.4 Å². The summed E-state index contributed by atoms with van der Waals surface area (Å²) < 4.78 is 0. The molecule has 0 aromatic rings. The molecule has 0 aliphatic heterocycles. The molecule has 4 nitrogen and oxygen atoms in total. The molecule has 0 saturated heterocycles. The average Bonchev–Trinajstić information content (AvgIpc) is 2.30. The van der Waals surface area contributed by atoms with Gasteiger partial charge in [-0.3, -0.25) is 9.59 Å². The van der Waals surface area contributed by atoms with Gasteiger partial charge in [0.25, 0.3) is 0 Å². The number of rotatable bonds is 4. The number of hydrogen-bond acceptors (Lipinski definition) is 3. The highest BCUT2D eigenvalue weighted by Gasteiger charge is 2.28. The molecule has 4 heteroatoms. The first-order chi connectivity index (χ1) is 7.20. The molecule has 2 N–H and O–H groups in total. The van der Waals surface area contributed by atoms with Crippen molar-refractivity contribution in [1.82, 2.24) is 4.90 Å². The summed E-state index contributed by atoms with van der Waals surface area (Å²) in [6, 6.07) is -0.282. The fourth-order valence-electron chi connectivity index (χ4n) is 2.26. The molecule has 1 rings (SSSR count). The van der Waals surface area contributed by atoms with Gasteiger partial charge in [-0.2, -0.15) is 0 Å². The van der Waals surface area contributed by atoms with Crippen molar-refractivity contribution in [2.45, 2.75) is 51.1 Å². The first kappa shape index (κ1) is 12.2. The monoisotopic (exact) mass is 211 g/mol. The van der Waals surface area contributed by atoms with Crippen molar-refractivity contribution in [2.24, 2.45) is 5.73 Å². The second-order valence-corrected chi connectivity index (χ2v) is 4.09. The van der Waals surface area contributed by atoms with Gasteiger partial charge in [-0.15, -0.1) is 0 Å². The maximum atomic E-state index is 11.6. The molecule has 0 heterocycles. The van der Waals surface area contributed by atoms with Crippen LogP contribution in [0.4, 0.5) is 0 Å². The van der Waals surface area contributed by atoms with Gasteiger partial charge in [0, 0.05) is 6.04 Å². The van der Waals surface area contributed by atoms with Gasteiger partial charge in [0.2, 0.25) is 12.2 Å². The maximum Gasteiger partial charge on any atom is 0.237 e. The van der Waals surface area contributed by atoms with Gasteiger partial charge in [0.15, 0.2) is 0 Å². The smallest absolute Gasteiger partial charge is 0.237 e. The van der Waals surface area contributed by atoms with Crippen LogP contribution in [0, 0.1) is 0 Å². The highest BCUT2D eigenvalue weighted by atomic mass is 16.2. The Hall–Kier alpha value is -0.900. The second kappa shape index (κ2) is 5.85. The Balaban J connectivity index is 2.69. The van der Waals surface area contributed by atoms with E-state index in [2.05, 4.69) is 0 Å². The van der Waals surface area contributed by atoms with Crippen molar-refractivity contribution in [3.8, 4) is 0 Å². The van der Waals surface area contributed by atoms with E-state index in [4.69, 9.17) is 5.73 Å². The highest BCUT2D eigenvalue weighted by Crippen LogP contribution is 2.23. The number of nitrogens with zero attached hydrogens (tertiary/aromatic N) is 1. The number of hydrogen-bond donors (Lipinski definition) is 1. The summed E-state index contributed by atoms with van der Waals surface area (Å²) in [6.07, 6.45) is 7.33. The van der Waals surface area contributed by atoms with E-state index in [-0.39, 0.29) is 18.5 Å². The van der Waals surface area contributed by atoms with Gasteiger partial charge >= 0.3 is 0 Å². The first-order valence-electron chi connectivity index (χ1n) is 5.59. The number of nitrogens with two attached hydrogens (primary N) is 1. The molecule has 0 aromatic heterocycles. The fourth-order valence-corrected chi connectivity index (χ4v) is 2.26. The van der Waals surface area contributed by atoms with Gasteiger partial charge in [0.05, 0.1) is 12.6 Å². The van der Waals surface area contributed by atoms with Gasteiger partial charge in [0.1, 0.15) is 0 Å². The average molecular weight is 211 g/mol. The highest BCUT2D eigenvalue weighted by molar-refractivity contribution is 5.81. The Labute approximate surface area is 90.8 Å². The lowest BCUT2D eigenvalue weighted by Crippen LogP contribution is -2.49. The standard InChI is InChI=1S/C11H19N2O2/c1-9(8-14)13(11(15)7-12)10-5-3-2-4-6-10/h9-10H,2-7,12H2,1H3/t9-/m0/s1. The van der Waals surface area contributed by atoms with E-state index in [0.29, 0.717) is 0 Å². The van der Waals surface area contributed by atoms with Crippen molar-refractivity contribution in [3.05, 3.63) is 0 Å². The summed E-state index contributed by atoms with van der Waals surface area (Å²) in [5, 5.41) is 0. The molecule has 1 fully saturated rings. The largest absolute Gasteiger partial charge is 0.328 e. The van der Waals surface area contributed by atoms with Crippen LogP contribution < -0.4 is 5.73 Å². The minimum Gasteiger partial charge on any atom is -0.328 e. The normalized spacial score (nSPS) is 19.6. The van der Waals surface area contributed by atoms with Crippen LogP contribution in [0.25, 0.3) is 0 Å². The number of carbonyl (C=O) groups excluding carboxylic acids is 2. The molecule has 15 heavy (non-hydrogen) atoms. The van der Waals surface area contributed by atoms with Gasteiger partial charge < -0.3 is 10.6 Å². The molecule has 0 aromatic carbocycles. The summed E-state index contributed by atoms with van der Waals surface area (Å²) >= 11 is 0. The van der Waals surface area contributed by atoms with Crippen LogP contribution in [-0.2, 0) is 9.59 Å². The van der Waals surface area contributed by atoms with E-state index in [1.54, 1.807) is 11.8 Å². The van der Waals surface area contributed by atoms with Gasteiger partial charge in [-0.25, -0.2) is 0 Å². The zero-order chi connectivity index (χ0) is 11.3. The van der Waals surface area contributed by atoms with Gasteiger partial charge in [-0.05, 0) is 19.8 Å². The minimum absolute atomic E-state index is 0.0253. The summed E-state index contributed by atoms with van der Waals surface area (Å²) in [5.41, 5.74) is 5.35. The van der Waals surface area contributed by atoms with Gasteiger partial charge in [-0.1, -0.05) is 19.3 Å². The summed E-state index contributed by atoms with van der Waals surface area (Å²) in [7, 11) is 0. The Morgan fingerprint density at radius 2 is 2.07 bits per heavy atom. The van der Waals surface area contributed by atoms with Crippen LogP contribution in [0.15, 0.2) is 0 Å². The molecule has 1 saturated carbocycles. The molecule has 1 radical (unpaired) electrons. The SMILES string of the molecule is C[C@@H]([C]=O)N(C(=O)CN)C1CCCCC1. The third kappa shape index (κ3) is 3.02. The molecular formula is C11H19N2O2. The fraction of sp³-hybridized carbons (Fsp3) is 0.818. The van der Waals surface area contributed by atoms with Crippen molar-refractivity contribution in [1.29, 1.82) is 0 Å². The molecule has 0 bridgehead atoms. The zero-order valence-electron chi connectivity index (χ0n) is 9.24. The molecule has 1 amide bonds. The predicted octanol–water partition coefficient (Wildman–Crippen LogP) is 0.605. The Morgan fingerprint density at radius 1 is 1.47 bits per heavy atom. The molecule has 1 aliphatic carbocycles. The van der Waals surface area contributed by atoms with Crippen LogP contribution in [-0.4, -0.2) is 35.7 Å². The van der Waals surface area contributed by atoms with E-state index in [1.165, 1.54) is 6.42 Å². The summed E-state index contributed by atoms with van der Waals surface area (Å²) in [4.78, 5) is 23.9. The van der Waals surface area contributed by atoms with Crippen molar-refractivity contribution < 1.29 is 9.59 Å². The van der Waals surface area contributed by atoms with E-state index >= 15 is 0 Å². The Morgan fingerprint density at radius 3 is 2.53 bits per heavy atom. The quantitative estimate of drug-likeness (QED) is 0.740. The van der Waals surface area contributed by atoms with Crippen LogP contribution >= 0.6 is 0 Å². The van der Waals surface area contributed by atoms with Crippen LogP contribution in [0.3, 0.4) is 0 Å². The molecular weight excluding hydrogens is 192 g/mol. The predicted molar refractivity (Wildman–Crippen MR) is 57.9 cm³/mol. The lowest BCUT2D eigenvalue weighted by atomic mass is 9.93. The van der Waals surface area contributed by atoms with E-state index < -0.39 is 6.04 Å². The van der Waals surface area contributed by atoms with Crippen molar-refractivity contribution in [3.63, 3.8) is 0 Å². The maximum absolute atomic E-state index is 11.6. The minimum atomic E-state index is -0.468. The van der Waals surface area contributed by atoms with Crippen LogP contribution in [0.1, 0.15) is 39.0 Å². The van der Waals surface area contributed by atoms with E-state index in [0.717, 1.165) is 25.7 Å². The molecule has 1 atom stereocenters. The molecule has 1 aliphatic rings. The third-order valence-corrected chi connectivity index (χ3v) is 3.02. The molecule has 85 valence electrons.